The SMILES string of the molecule is C[C@H]1c2ccoc2C[C@@H]2[C@H]1CC[C@H]1[C@](C)(CO)CCC[C@]21C. The van der Waals surface area contributed by atoms with Crippen LogP contribution in [0, 0.1) is 28.6 Å². The quantitative estimate of drug-likeness (QED) is 0.810. The van der Waals surface area contributed by atoms with E-state index in [1.54, 1.807) is 0 Å². The lowest BCUT2D eigenvalue weighted by Gasteiger charge is -2.61. The van der Waals surface area contributed by atoms with Crippen LogP contribution in [0.1, 0.15) is 70.1 Å². The van der Waals surface area contributed by atoms with Gasteiger partial charge in [0.2, 0.25) is 0 Å². The molecule has 22 heavy (non-hydrogen) atoms. The molecule has 2 nitrogen and oxygen atoms in total. The van der Waals surface area contributed by atoms with E-state index in [1.807, 2.05) is 6.26 Å². The summed E-state index contributed by atoms with van der Waals surface area (Å²) in [6.07, 6.45) is 9.42. The van der Waals surface area contributed by atoms with E-state index in [-0.39, 0.29) is 5.41 Å². The van der Waals surface area contributed by atoms with E-state index in [0.29, 0.717) is 23.9 Å². The Morgan fingerprint density at radius 3 is 2.86 bits per heavy atom. The number of furan rings is 1. The average Bonchev–Trinajstić information content (AvgIpc) is 2.97. The molecular formula is C20H30O2. The van der Waals surface area contributed by atoms with E-state index in [0.717, 1.165) is 18.3 Å². The molecular weight excluding hydrogens is 272 g/mol. The first-order valence-electron chi connectivity index (χ1n) is 9.17. The molecule has 1 heterocycles. The summed E-state index contributed by atoms with van der Waals surface area (Å²) in [5.41, 5.74) is 1.96. The molecule has 122 valence electrons. The van der Waals surface area contributed by atoms with Crippen LogP contribution in [-0.2, 0) is 6.42 Å². The minimum absolute atomic E-state index is 0.130. The molecule has 0 unspecified atom stereocenters. The molecule has 3 aliphatic rings. The highest BCUT2D eigenvalue weighted by Gasteiger charge is 2.57. The first-order chi connectivity index (χ1) is 10.5. The number of aliphatic hydroxyl groups excluding tert-OH is 1. The molecule has 0 spiro atoms. The number of aliphatic hydroxyl groups is 1. The smallest absolute Gasteiger partial charge is 0.107 e. The largest absolute Gasteiger partial charge is 0.469 e. The molecule has 1 aromatic rings. The summed E-state index contributed by atoms with van der Waals surface area (Å²) in [6.45, 7) is 7.62. The summed E-state index contributed by atoms with van der Waals surface area (Å²) in [7, 11) is 0. The normalized spacial score (nSPS) is 47.5. The second-order valence-corrected chi connectivity index (χ2v) is 8.86. The molecule has 2 fully saturated rings. The third-order valence-electron chi connectivity index (χ3n) is 7.93. The average molecular weight is 302 g/mol. The Morgan fingerprint density at radius 1 is 1.27 bits per heavy atom. The lowest BCUT2D eigenvalue weighted by molar-refractivity contribution is -0.126. The van der Waals surface area contributed by atoms with Gasteiger partial charge >= 0.3 is 0 Å². The van der Waals surface area contributed by atoms with Crippen molar-refractivity contribution in [1.82, 2.24) is 0 Å². The van der Waals surface area contributed by atoms with Crippen molar-refractivity contribution in [2.24, 2.45) is 28.6 Å². The maximum atomic E-state index is 10.1. The maximum absolute atomic E-state index is 10.1. The molecule has 0 bridgehead atoms. The summed E-state index contributed by atoms with van der Waals surface area (Å²) >= 11 is 0. The van der Waals surface area contributed by atoms with Crippen LogP contribution in [0.25, 0.3) is 0 Å². The number of hydrogen-bond donors (Lipinski definition) is 1. The lowest BCUT2D eigenvalue weighted by Crippen LogP contribution is -2.55. The standard InChI is InChI=1S/C20H30O2/c1-13-14-5-6-18-19(2,12-21)8-4-9-20(18,3)16(14)11-17-15(13)7-10-22-17/h7,10,13-14,16,18,21H,4-6,8-9,11-12H2,1-3H3/t13-,14+,16-,18+,19+,20-/m1/s1. The zero-order chi connectivity index (χ0) is 15.5. The van der Waals surface area contributed by atoms with Gasteiger partial charge in [0.05, 0.1) is 6.26 Å². The fourth-order valence-electron chi connectivity index (χ4n) is 6.71. The van der Waals surface area contributed by atoms with Crippen molar-refractivity contribution in [1.29, 1.82) is 0 Å². The Kier molecular flexibility index (Phi) is 3.28. The Labute approximate surface area is 134 Å². The zero-order valence-electron chi connectivity index (χ0n) is 14.3. The lowest BCUT2D eigenvalue weighted by atomic mass is 9.43. The summed E-state index contributed by atoms with van der Waals surface area (Å²) in [6, 6.07) is 2.20. The first kappa shape index (κ1) is 14.8. The van der Waals surface area contributed by atoms with Crippen molar-refractivity contribution in [3.63, 3.8) is 0 Å². The van der Waals surface area contributed by atoms with Crippen molar-refractivity contribution in [3.05, 3.63) is 23.7 Å². The van der Waals surface area contributed by atoms with Gasteiger partial charge in [-0.1, -0.05) is 27.2 Å². The molecule has 1 N–H and O–H groups in total. The van der Waals surface area contributed by atoms with Crippen LogP contribution in [-0.4, -0.2) is 11.7 Å². The second-order valence-electron chi connectivity index (χ2n) is 8.86. The molecule has 2 heteroatoms. The Morgan fingerprint density at radius 2 is 2.09 bits per heavy atom. The van der Waals surface area contributed by atoms with Gasteiger partial charge in [-0.05, 0) is 71.8 Å². The van der Waals surface area contributed by atoms with Gasteiger partial charge in [0.1, 0.15) is 5.76 Å². The predicted molar refractivity (Wildman–Crippen MR) is 87.7 cm³/mol. The van der Waals surface area contributed by atoms with Gasteiger partial charge in [0, 0.05) is 13.0 Å². The van der Waals surface area contributed by atoms with Gasteiger partial charge in [0.15, 0.2) is 0 Å². The highest BCUT2D eigenvalue weighted by molar-refractivity contribution is 5.28. The van der Waals surface area contributed by atoms with E-state index < -0.39 is 0 Å². The Hall–Kier alpha value is -0.760. The number of rotatable bonds is 1. The van der Waals surface area contributed by atoms with Crippen LogP contribution < -0.4 is 0 Å². The second kappa shape index (κ2) is 4.87. The van der Waals surface area contributed by atoms with E-state index in [9.17, 15) is 5.11 Å². The molecule has 0 aromatic carbocycles. The van der Waals surface area contributed by atoms with Gasteiger partial charge in [-0.3, -0.25) is 0 Å². The fraction of sp³-hybridized carbons (Fsp3) is 0.800. The van der Waals surface area contributed by atoms with Crippen molar-refractivity contribution < 1.29 is 9.52 Å². The number of hydrogen-bond acceptors (Lipinski definition) is 2. The van der Waals surface area contributed by atoms with Crippen LogP contribution >= 0.6 is 0 Å². The molecule has 4 rings (SSSR count). The maximum Gasteiger partial charge on any atom is 0.107 e. The van der Waals surface area contributed by atoms with Crippen LogP contribution in [0.4, 0.5) is 0 Å². The highest BCUT2D eigenvalue weighted by atomic mass is 16.3. The minimum Gasteiger partial charge on any atom is -0.469 e. The third-order valence-corrected chi connectivity index (χ3v) is 7.93. The van der Waals surface area contributed by atoms with Crippen LogP contribution in [0.5, 0.6) is 0 Å². The summed E-state index contributed by atoms with van der Waals surface area (Å²) in [4.78, 5) is 0. The molecule has 3 aliphatic carbocycles. The van der Waals surface area contributed by atoms with Crippen molar-refractivity contribution in [2.75, 3.05) is 6.61 Å². The van der Waals surface area contributed by atoms with Crippen molar-refractivity contribution in [3.8, 4) is 0 Å². The summed E-state index contributed by atoms with van der Waals surface area (Å²) in [5, 5.41) is 10.1. The molecule has 1 aromatic heterocycles. The third kappa shape index (κ3) is 1.82. The van der Waals surface area contributed by atoms with E-state index in [4.69, 9.17) is 4.42 Å². The van der Waals surface area contributed by atoms with Gasteiger partial charge in [0.25, 0.3) is 0 Å². The minimum atomic E-state index is 0.130. The molecule has 0 radical (unpaired) electrons. The Balaban J connectivity index is 1.74. The van der Waals surface area contributed by atoms with E-state index in [2.05, 4.69) is 26.8 Å². The van der Waals surface area contributed by atoms with Gasteiger partial charge < -0.3 is 9.52 Å². The fourth-order valence-corrected chi connectivity index (χ4v) is 6.71. The molecule has 2 saturated carbocycles. The monoisotopic (exact) mass is 302 g/mol. The van der Waals surface area contributed by atoms with Gasteiger partial charge in [-0.2, -0.15) is 0 Å². The van der Waals surface area contributed by atoms with E-state index in [1.165, 1.54) is 43.4 Å². The van der Waals surface area contributed by atoms with Crippen LogP contribution in [0.3, 0.4) is 0 Å². The summed E-state index contributed by atoms with van der Waals surface area (Å²) < 4.78 is 5.83. The van der Waals surface area contributed by atoms with Crippen LogP contribution in [0.15, 0.2) is 16.7 Å². The van der Waals surface area contributed by atoms with Gasteiger partial charge in [-0.15, -0.1) is 0 Å². The van der Waals surface area contributed by atoms with Crippen LogP contribution in [0.2, 0.25) is 0 Å². The highest BCUT2D eigenvalue weighted by Crippen LogP contribution is 2.64. The first-order valence-corrected chi connectivity index (χ1v) is 9.17. The summed E-state index contributed by atoms with van der Waals surface area (Å²) in [5.74, 6) is 4.07. The number of fused-ring (bicyclic) bond motifs is 4. The molecule has 0 amide bonds. The Bertz CT molecular complexity index is 562. The molecule has 0 aliphatic heterocycles. The topological polar surface area (TPSA) is 33.4 Å². The van der Waals surface area contributed by atoms with E-state index >= 15 is 0 Å². The van der Waals surface area contributed by atoms with Crippen molar-refractivity contribution >= 4 is 0 Å². The molecule has 6 atom stereocenters. The van der Waals surface area contributed by atoms with Gasteiger partial charge in [-0.25, -0.2) is 0 Å². The zero-order valence-corrected chi connectivity index (χ0v) is 14.3. The molecule has 0 saturated heterocycles. The predicted octanol–water partition coefficient (Wildman–Crippen LogP) is 4.77. The van der Waals surface area contributed by atoms with Crippen molar-refractivity contribution in [2.45, 2.75) is 65.2 Å².